The Morgan fingerprint density at radius 3 is 2.64 bits per heavy atom. The van der Waals surface area contributed by atoms with Gasteiger partial charge in [0.05, 0.1) is 25.2 Å². The number of hydrogen-bond acceptors (Lipinski definition) is 4. The summed E-state index contributed by atoms with van der Waals surface area (Å²) in [4.78, 5) is 11.6. The predicted octanol–water partition coefficient (Wildman–Crippen LogP) is 0.481. The van der Waals surface area contributed by atoms with Gasteiger partial charge in [-0.3, -0.25) is 4.79 Å². The van der Waals surface area contributed by atoms with Crippen LogP contribution in [0.4, 0.5) is 0 Å². The minimum Gasteiger partial charge on any atom is -0.395 e. The quantitative estimate of drug-likeness (QED) is 0.669. The molecule has 0 radical (unpaired) electrons. The van der Waals surface area contributed by atoms with Crippen molar-refractivity contribution in [2.75, 3.05) is 19.8 Å². The van der Waals surface area contributed by atoms with Crippen LogP contribution in [0.15, 0.2) is 0 Å². The molecule has 0 amide bonds. The van der Waals surface area contributed by atoms with Crippen molar-refractivity contribution in [2.45, 2.75) is 32.0 Å². The first kappa shape index (κ1) is 10.1. The second-order valence-electron chi connectivity index (χ2n) is 4.43. The van der Waals surface area contributed by atoms with Gasteiger partial charge in [0.15, 0.2) is 5.79 Å². The lowest BCUT2D eigenvalue weighted by Crippen LogP contribution is -2.48. The lowest BCUT2D eigenvalue weighted by Gasteiger charge is -2.40. The van der Waals surface area contributed by atoms with Gasteiger partial charge in [0.2, 0.25) is 0 Å². The van der Waals surface area contributed by atoms with Crippen LogP contribution >= 0.6 is 0 Å². The highest BCUT2D eigenvalue weighted by atomic mass is 16.7. The molecule has 1 heterocycles. The van der Waals surface area contributed by atoms with Crippen LogP contribution in [-0.4, -0.2) is 36.5 Å². The molecule has 1 unspecified atom stereocenters. The molecule has 2 fully saturated rings. The van der Waals surface area contributed by atoms with Crippen LogP contribution in [0.2, 0.25) is 0 Å². The van der Waals surface area contributed by atoms with Crippen LogP contribution in [0.25, 0.3) is 0 Å². The van der Waals surface area contributed by atoms with Crippen LogP contribution in [-0.2, 0) is 14.3 Å². The SMILES string of the molecule is CC1(CO)CC2(CCC1=O)OCCO2. The van der Waals surface area contributed by atoms with E-state index >= 15 is 0 Å². The molecule has 0 aromatic carbocycles. The Morgan fingerprint density at radius 1 is 1.43 bits per heavy atom. The molecule has 1 aliphatic heterocycles. The third kappa shape index (κ3) is 1.47. The van der Waals surface area contributed by atoms with Gasteiger partial charge in [-0.2, -0.15) is 0 Å². The maximum absolute atomic E-state index is 11.6. The fourth-order valence-corrected chi connectivity index (χ4v) is 2.27. The van der Waals surface area contributed by atoms with Crippen molar-refractivity contribution in [1.29, 1.82) is 0 Å². The molecule has 1 saturated carbocycles. The van der Waals surface area contributed by atoms with Gasteiger partial charge in [-0.1, -0.05) is 6.92 Å². The average Bonchev–Trinajstić information content (AvgIpc) is 2.61. The van der Waals surface area contributed by atoms with Crippen LogP contribution in [0.1, 0.15) is 26.2 Å². The number of Topliss-reactive ketones (excluding diaryl/α,β-unsaturated/α-hetero) is 1. The van der Waals surface area contributed by atoms with Gasteiger partial charge >= 0.3 is 0 Å². The molecule has 80 valence electrons. The van der Waals surface area contributed by atoms with Gasteiger partial charge in [0.25, 0.3) is 0 Å². The molecule has 1 aliphatic carbocycles. The Hall–Kier alpha value is -0.450. The minimum absolute atomic E-state index is 0.115. The number of hydrogen-bond donors (Lipinski definition) is 1. The second-order valence-corrected chi connectivity index (χ2v) is 4.43. The molecule has 2 rings (SSSR count). The Labute approximate surface area is 83.2 Å². The number of rotatable bonds is 1. The van der Waals surface area contributed by atoms with E-state index in [0.717, 1.165) is 0 Å². The first-order chi connectivity index (χ1) is 6.60. The molecule has 4 heteroatoms. The predicted molar refractivity (Wildman–Crippen MR) is 48.7 cm³/mol. The molecular formula is C10H16O4. The molecular weight excluding hydrogens is 184 g/mol. The number of aliphatic hydroxyl groups excluding tert-OH is 1. The van der Waals surface area contributed by atoms with Crippen molar-refractivity contribution in [2.24, 2.45) is 5.41 Å². The zero-order valence-corrected chi connectivity index (χ0v) is 8.41. The second kappa shape index (κ2) is 3.29. The van der Waals surface area contributed by atoms with Crippen molar-refractivity contribution in [3.8, 4) is 0 Å². The number of carbonyl (C=O) groups excluding carboxylic acids is 1. The highest BCUT2D eigenvalue weighted by Gasteiger charge is 2.50. The normalized spacial score (nSPS) is 36.6. The molecule has 1 atom stereocenters. The van der Waals surface area contributed by atoms with Crippen LogP contribution in [0.3, 0.4) is 0 Å². The van der Waals surface area contributed by atoms with Gasteiger partial charge in [0, 0.05) is 19.3 Å². The van der Waals surface area contributed by atoms with E-state index in [-0.39, 0.29) is 12.4 Å². The number of ether oxygens (including phenoxy) is 2. The summed E-state index contributed by atoms with van der Waals surface area (Å²) < 4.78 is 11.1. The zero-order valence-electron chi connectivity index (χ0n) is 8.41. The monoisotopic (exact) mass is 200 g/mol. The van der Waals surface area contributed by atoms with E-state index in [1.807, 2.05) is 0 Å². The van der Waals surface area contributed by atoms with E-state index in [4.69, 9.17) is 9.47 Å². The Balaban J connectivity index is 2.16. The highest BCUT2D eigenvalue weighted by Crippen LogP contribution is 2.43. The lowest BCUT2D eigenvalue weighted by atomic mass is 9.72. The highest BCUT2D eigenvalue weighted by molar-refractivity contribution is 5.85. The molecule has 4 nitrogen and oxygen atoms in total. The lowest BCUT2D eigenvalue weighted by molar-refractivity contribution is -0.203. The number of ketones is 1. The van der Waals surface area contributed by atoms with Crippen molar-refractivity contribution in [1.82, 2.24) is 0 Å². The summed E-state index contributed by atoms with van der Waals surface area (Å²) in [5.41, 5.74) is -0.678. The summed E-state index contributed by atoms with van der Waals surface area (Å²) in [6, 6.07) is 0. The van der Waals surface area contributed by atoms with E-state index < -0.39 is 11.2 Å². The molecule has 1 spiro atoms. The molecule has 1 N–H and O–H groups in total. The van der Waals surface area contributed by atoms with Gasteiger partial charge in [0.1, 0.15) is 5.78 Å². The Bertz CT molecular complexity index is 245. The summed E-state index contributed by atoms with van der Waals surface area (Å²) in [6.07, 6.45) is 1.55. The van der Waals surface area contributed by atoms with Crippen molar-refractivity contribution in [3.05, 3.63) is 0 Å². The van der Waals surface area contributed by atoms with E-state index in [1.54, 1.807) is 6.92 Å². The van der Waals surface area contributed by atoms with Crippen molar-refractivity contribution in [3.63, 3.8) is 0 Å². The van der Waals surface area contributed by atoms with E-state index in [1.165, 1.54) is 0 Å². The summed E-state index contributed by atoms with van der Waals surface area (Å²) >= 11 is 0. The van der Waals surface area contributed by atoms with E-state index in [2.05, 4.69) is 0 Å². The molecule has 0 aromatic heterocycles. The number of carbonyl (C=O) groups is 1. The van der Waals surface area contributed by atoms with Gasteiger partial charge < -0.3 is 14.6 Å². The maximum atomic E-state index is 11.6. The molecule has 14 heavy (non-hydrogen) atoms. The Kier molecular flexibility index (Phi) is 2.37. The van der Waals surface area contributed by atoms with Crippen molar-refractivity contribution >= 4 is 5.78 Å². The van der Waals surface area contributed by atoms with E-state index in [0.29, 0.717) is 32.5 Å². The molecule has 2 aliphatic rings. The molecule has 0 aromatic rings. The largest absolute Gasteiger partial charge is 0.395 e. The summed E-state index contributed by atoms with van der Waals surface area (Å²) in [5, 5.41) is 9.23. The summed E-state index contributed by atoms with van der Waals surface area (Å²) in [6.45, 7) is 2.84. The minimum atomic E-state index is -0.678. The van der Waals surface area contributed by atoms with Gasteiger partial charge in [-0.05, 0) is 0 Å². The number of aliphatic hydroxyl groups is 1. The van der Waals surface area contributed by atoms with Crippen molar-refractivity contribution < 1.29 is 19.4 Å². The first-order valence-corrected chi connectivity index (χ1v) is 5.02. The standard InChI is InChI=1S/C10H16O4/c1-9(7-11)6-10(3-2-8(9)12)13-4-5-14-10/h11H,2-7H2,1H3. The first-order valence-electron chi connectivity index (χ1n) is 5.02. The van der Waals surface area contributed by atoms with Crippen LogP contribution in [0, 0.1) is 5.41 Å². The van der Waals surface area contributed by atoms with Gasteiger partial charge in [-0.25, -0.2) is 0 Å². The fraction of sp³-hybridized carbons (Fsp3) is 0.900. The molecule has 1 saturated heterocycles. The molecule has 0 bridgehead atoms. The summed E-state index contributed by atoms with van der Waals surface area (Å²) in [7, 11) is 0. The fourth-order valence-electron chi connectivity index (χ4n) is 2.27. The van der Waals surface area contributed by atoms with E-state index in [9.17, 15) is 9.90 Å². The maximum Gasteiger partial charge on any atom is 0.169 e. The zero-order chi connectivity index (χ0) is 10.2. The third-order valence-corrected chi connectivity index (χ3v) is 3.23. The smallest absolute Gasteiger partial charge is 0.169 e. The Morgan fingerprint density at radius 2 is 2.07 bits per heavy atom. The topological polar surface area (TPSA) is 55.8 Å². The summed E-state index contributed by atoms with van der Waals surface area (Å²) in [5.74, 6) is -0.476. The average molecular weight is 200 g/mol. The van der Waals surface area contributed by atoms with Gasteiger partial charge in [-0.15, -0.1) is 0 Å². The van der Waals surface area contributed by atoms with Crippen LogP contribution in [0.5, 0.6) is 0 Å². The third-order valence-electron chi connectivity index (χ3n) is 3.23. The van der Waals surface area contributed by atoms with Crippen LogP contribution < -0.4 is 0 Å².